The Kier molecular flexibility index (Phi) is 5.16. The third-order valence-electron chi connectivity index (χ3n) is 6.12. The fourth-order valence-corrected chi connectivity index (χ4v) is 4.49. The van der Waals surface area contributed by atoms with Gasteiger partial charge in [0.1, 0.15) is 12.4 Å². The first-order valence-electron chi connectivity index (χ1n) is 9.60. The predicted molar refractivity (Wildman–Crippen MR) is 99.2 cm³/mol. The average molecular weight is 359 g/mol. The van der Waals surface area contributed by atoms with Crippen LogP contribution >= 0.6 is 0 Å². The van der Waals surface area contributed by atoms with E-state index in [0.29, 0.717) is 12.6 Å². The van der Waals surface area contributed by atoms with Gasteiger partial charge in [0.15, 0.2) is 0 Å². The second-order valence-corrected chi connectivity index (χ2v) is 7.77. The molecule has 4 rings (SSSR count). The molecule has 26 heavy (non-hydrogen) atoms. The second-order valence-electron chi connectivity index (χ2n) is 7.77. The molecule has 0 radical (unpaired) electrons. The van der Waals surface area contributed by atoms with Gasteiger partial charge in [-0.1, -0.05) is 12.1 Å². The van der Waals surface area contributed by atoms with E-state index in [1.54, 1.807) is 7.11 Å². The summed E-state index contributed by atoms with van der Waals surface area (Å²) in [5, 5.41) is 0. The third-order valence-corrected chi connectivity index (χ3v) is 6.12. The molecule has 0 bridgehead atoms. The van der Waals surface area contributed by atoms with Gasteiger partial charge in [-0.05, 0) is 50.7 Å². The zero-order valence-corrected chi connectivity index (χ0v) is 15.8. The van der Waals surface area contributed by atoms with Crippen LogP contribution in [0.2, 0.25) is 0 Å². The van der Waals surface area contributed by atoms with Gasteiger partial charge in [0.2, 0.25) is 5.91 Å². The fourth-order valence-electron chi connectivity index (χ4n) is 4.49. The lowest BCUT2D eigenvalue weighted by Crippen LogP contribution is -2.53. The van der Waals surface area contributed by atoms with Crippen LogP contribution in [0.25, 0.3) is 0 Å². The van der Waals surface area contributed by atoms with E-state index in [1.807, 2.05) is 29.2 Å². The summed E-state index contributed by atoms with van der Waals surface area (Å²) in [5.74, 6) is 0.946. The Hall–Kier alpha value is -1.63. The Balaban J connectivity index is 1.44. The zero-order chi connectivity index (χ0) is 18.1. The van der Waals surface area contributed by atoms with Crippen molar-refractivity contribution in [3.63, 3.8) is 0 Å². The van der Waals surface area contributed by atoms with E-state index in [9.17, 15) is 4.79 Å². The number of carbonyl (C=O) groups is 1. The highest BCUT2D eigenvalue weighted by atomic mass is 16.5. The van der Waals surface area contributed by atoms with Crippen LogP contribution in [0.3, 0.4) is 0 Å². The summed E-state index contributed by atoms with van der Waals surface area (Å²) in [6, 6.07) is 8.78. The molecule has 0 N–H and O–H groups in total. The van der Waals surface area contributed by atoms with Crippen molar-refractivity contribution in [1.29, 1.82) is 0 Å². The van der Waals surface area contributed by atoms with Gasteiger partial charge in [-0.25, -0.2) is 0 Å². The quantitative estimate of drug-likeness (QED) is 0.808. The zero-order valence-electron chi connectivity index (χ0n) is 15.8. The van der Waals surface area contributed by atoms with Gasteiger partial charge < -0.3 is 19.3 Å². The van der Waals surface area contributed by atoms with Gasteiger partial charge in [0.05, 0.1) is 19.3 Å². The number of ether oxygens (including phenoxy) is 2. The van der Waals surface area contributed by atoms with Crippen LogP contribution in [0.15, 0.2) is 24.3 Å². The highest BCUT2D eigenvalue weighted by Gasteiger charge is 2.44. The number of benzene rings is 1. The van der Waals surface area contributed by atoms with Crippen LogP contribution in [0.1, 0.15) is 18.4 Å². The number of rotatable bonds is 4. The molecular formula is C20H29N3O3. The van der Waals surface area contributed by atoms with Crippen LogP contribution in [0, 0.1) is 0 Å². The summed E-state index contributed by atoms with van der Waals surface area (Å²) in [4.78, 5) is 19.5. The van der Waals surface area contributed by atoms with Gasteiger partial charge in [0, 0.05) is 25.7 Å². The molecule has 3 aliphatic rings. The summed E-state index contributed by atoms with van der Waals surface area (Å²) in [6.07, 6.45) is 2.57. The lowest BCUT2D eigenvalue weighted by Gasteiger charge is -2.37. The Morgan fingerprint density at radius 2 is 1.88 bits per heavy atom. The van der Waals surface area contributed by atoms with Crippen molar-refractivity contribution < 1.29 is 14.3 Å². The summed E-state index contributed by atoms with van der Waals surface area (Å²) < 4.78 is 11.1. The first kappa shape index (κ1) is 17.8. The molecule has 0 saturated carbocycles. The maximum atomic E-state index is 12.5. The summed E-state index contributed by atoms with van der Waals surface area (Å²) in [7, 11) is 3.86. The maximum absolute atomic E-state index is 12.5. The Morgan fingerprint density at radius 1 is 1.15 bits per heavy atom. The molecular weight excluding hydrogens is 330 g/mol. The molecule has 2 atom stereocenters. The fraction of sp³-hybridized carbons (Fsp3) is 0.650. The first-order valence-corrected chi connectivity index (χ1v) is 9.60. The van der Waals surface area contributed by atoms with Crippen LogP contribution < -0.4 is 4.74 Å². The SMILES string of the molecule is COc1ccc(CN2C(=O)COC3CN(C4CCN(C)CC4)CC32)cc1. The number of amides is 1. The molecule has 3 fully saturated rings. The number of morpholine rings is 1. The lowest BCUT2D eigenvalue weighted by molar-refractivity contribution is -0.153. The molecule has 3 aliphatic heterocycles. The van der Waals surface area contributed by atoms with Crippen molar-refractivity contribution >= 4 is 5.91 Å². The van der Waals surface area contributed by atoms with Crippen molar-refractivity contribution in [3.05, 3.63) is 29.8 Å². The lowest BCUT2D eigenvalue weighted by atomic mass is 10.0. The molecule has 0 aromatic heterocycles. The van der Waals surface area contributed by atoms with E-state index in [4.69, 9.17) is 9.47 Å². The summed E-state index contributed by atoms with van der Waals surface area (Å²) >= 11 is 0. The number of carbonyl (C=O) groups excluding carboxylic acids is 1. The number of fused-ring (bicyclic) bond motifs is 1. The summed E-state index contributed by atoms with van der Waals surface area (Å²) in [6.45, 7) is 5.05. The molecule has 3 saturated heterocycles. The van der Waals surface area contributed by atoms with E-state index in [2.05, 4.69) is 16.8 Å². The van der Waals surface area contributed by atoms with Gasteiger partial charge in [0.25, 0.3) is 0 Å². The second kappa shape index (κ2) is 7.55. The number of nitrogens with zero attached hydrogens (tertiary/aromatic N) is 3. The monoisotopic (exact) mass is 359 g/mol. The predicted octanol–water partition coefficient (Wildman–Crippen LogP) is 1.20. The van der Waals surface area contributed by atoms with Crippen LogP contribution in [-0.4, -0.2) is 85.7 Å². The van der Waals surface area contributed by atoms with Crippen molar-refractivity contribution in [1.82, 2.24) is 14.7 Å². The van der Waals surface area contributed by atoms with E-state index in [0.717, 1.165) is 37.5 Å². The van der Waals surface area contributed by atoms with Crippen LogP contribution in [0.4, 0.5) is 0 Å². The molecule has 6 heteroatoms. The number of likely N-dealkylation sites (tertiary alicyclic amines) is 2. The van der Waals surface area contributed by atoms with Crippen LogP contribution in [0.5, 0.6) is 5.75 Å². The number of methoxy groups -OCH3 is 1. The minimum absolute atomic E-state index is 0.104. The smallest absolute Gasteiger partial charge is 0.249 e. The maximum Gasteiger partial charge on any atom is 0.249 e. The van der Waals surface area contributed by atoms with Gasteiger partial charge in [-0.15, -0.1) is 0 Å². The number of hydrogen-bond donors (Lipinski definition) is 0. The molecule has 0 spiro atoms. The third kappa shape index (κ3) is 3.59. The molecule has 3 heterocycles. The van der Waals surface area contributed by atoms with E-state index < -0.39 is 0 Å². The topological polar surface area (TPSA) is 45.2 Å². The average Bonchev–Trinajstić information content (AvgIpc) is 3.10. The van der Waals surface area contributed by atoms with Crippen LogP contribution in [-0.2, 0) is 16.1 Å². The molecule has 1 aromatic carbocycles. The normalized spacial score (nSPS) is 28.4. The van der Waals surface area contributed by atoms with Crippen molar-refractivity contribution in [3.8, 4) is 5.75 Å². The molecule has 1 aromatic rings. The Morgan fingerprint density at radius 3 is 2.58 bits per heavy atom. The van der Waals surface area contributed by atoms with E-state index in [-0.39, 0.29) is 24.7 Å². The van der Waals surface area contributed by atoms with E-state index >= 15 is 0 Å². The van der Waals surface area contributed by atoms with Crippen molar-refractivity contribution in [2.24, 2.45) is 0 Å². The molecule has 0 aliphatic carbocycles. The van der Waals surface area contributed by atoms with Gasteiger partial charge >= 0.3 is 0 Å². The minimum Gasteiger partial charge on any atom is -0.497 e. The highest BCUT2D eigenvalue weighted by Crippen LogP contribution is 2.29. The first-order chi connectivity index (χ1) is 12.6. The number of hydrogen-bond acceptors (Lipinski definition) is 5. The minimum atomic E-state index is 0.104. The number of piperidine rings is 1. The molecule has 2 unspecified atom stereocenters. The Bertz CT molecular complexity index is 628. The van der Waals surface area contributed by atoms with E-state index in [1.165, 1.54) is 12.8 Å². The standard InChI is InChI=1S/C20H29N3O3/c1-21-9-7-16(8-10-21)22-12-18-19(13-22)26-14-20(24)23(18)11-15-3-5-17(25-2)6-4-15/h3-6,16,18-19H,7-14H2,1-2H3. The van der Waals surface area contributed by atoms with Crippen molar-refractivity contribution in [2.75, 3.05) is 46.9 Å². The molecule has 1 amide bonds. The van der Waals surface area contributed by atoms with Gasteiger partial charge in [-0.2, -0.15) is 0 Å². The molecule has 142 valence electrons. The summed E-state index contributed by atoms with van der Waals surface area (Å²) in [5.41, 5.74) is 1.14. The van der Waals surface area contributed by atoms with Gasteiger partial charge in [-0.3, -0.25) is 9.69 Å². The largest absolute Gasteiger partial charge is 0.497 e. The Labute approximate surface area is 155 Å². The van der Waals surface area contributed by atoms with Crippen molar-refractivity contribution in [2.45, 2.75) is 37.6 Å². The molecule has 6 nitrogen and oxygen atoms in total. The highest BCUT2D eigenvalue weighted by molar-refractivity contribution is 5.78.